The third-order valence-corrected chi connectivity index (χ3v) is 7.00. The van der Waals surface area contributed by atoms with Crippen LogP contribution in [-0.4, -0.2) is 39.2 Å². The Hall–Kier alpha value is -3.94. The van der Waals surface area contributed by atoms with E-state index in [1.165, 1.54) is 32.5 Å². The van der Waals surface area contributed by atoms with Gasteiger partial charge in [0.05, 0.1) is 27.6 Å². The third-order valence-electron chi connectivity index (χ3n) is 7.00. The van der Waals surface area contributed by atoms with Crippen LogP contribution in [0.1, 0.15) is 59.0 Å². The summed E-state index contributed by atoms with van der Waals surface area (Å²) in [5.74, 6) is 0.594. The molecular weight excluding hydrogens is 472 g/mol. The van der Waals surface area contributed by atoms with Gasteiger partial charge >= 0.3 is 0 Å². The summed E-state index contributed by atoms with van der Waals surface area (Å²) in [6.07, 6.45) is 5.38. The number of carbonyl (C=O) groups is 2. The van der Waals surface area contributed by atoms with Crippen molar-refractivity contribution < 1.29 is 28.2 Å². The van der Waals surface area contributed by atoms with Gasteiger partial charge < -0.3 is 23.9 Å². The molecule has 0 aliphatic heterocycles. The Kier molecular flexibility index (Phi) is 8.06. The molecule has 0 saturated heterocycles. The molecule has 0 spiro atoms. The maximum atomic E-state index is 14.1. The van der Waals surface area contributed by atoms with Gasteiger partial charge in [0.25, 0.3) is 5.91 Å². The molecule has 8 nitrogen and oxygen atoms in total. The SMILES string of the molecule is COc1cc(C(C(=O)NC2CCCC2)N(C(=O)c2ccco2)c2cccc(C)c2C)cc(OC)c1OC. The van der Waals surface area contributed by atoms with E-state index in [0.29, 0.717) is 28.5 Å². The lowest BCUT2D eigenvalue weighted by molar-refractivity contribution is -0.123. The van der Waals surface area contributed by atoms with Crippen molar-refractivity contribution in [3.63, 3.8) is 0 Å². The number of aryl methyl sites for hydroxylation is 1. The highest BCUT2D eigenvalue weighted by Crippen LogP contribution is 2.42. The van der Waals surface area contributed by atoms with Gasteiger partial charge in [-0.25, -0.2) is 0 Å². The summed E-state index contributed by atoms with van der Waals surface area (Å²) in [7, 11) is 4.56. The van der Waals surface area contributed by atoms with Gasteiger partial charge in [-0.1, -0.05) is 25.0 Å². The Morgan fingerprint density at radius 1 is 0.973 bits per heavy atom. The second-order valence-electron chi connectivity index (χ2n) is 9.22. The summed E-state index contributed by atoms with van der Waals surface area (Å²) in [5, 5.41) is 3.19. The molecule has 1 atom stereocenters. The van der Waals surface area contributed by atoms with Crippen molar-refractivity contribution in [2.45, 2.75) is 51.6 Å². The Labute approximate surface area is 217 Å². The lowest BCUT2D eigenvalue weighted by atomic mass is 9.98. The maximum absolute atomic E-state index is 14.1. The van der Waals surface area contributed by atoms with Crippen LogP contribution in [0.4, 0.5) is 5.69 Å². The molecule has 1 heterocycles. The van der Waals surface area contributed by atoms with Gasteiger partial charge in [0.1, 0.15) is 6.04 Å². The number of methoxy groups -OCH3 is 3. The number of hydrogen-bond acceptors (Lipinski definition) is 6. The molecule has 2 aromatic carbocycles. The molecule has 3 aromatic rings. The predicted octanol–water partition coefficient (Wildman–Crippen LogP) is 5.37. The fourth-order valence-electron chi connectivity index (χ4n) is 4.91. The van der Waals surface area contributed by atoms with Crippen LogP contribution in [0.5, 0.6) is 17.2 Å². The molecule has 196 valence electrons. The average Bonchev–Trinajstić information content (AvgIpc) is 3.62. The minimum absolute atomic E-state index is 0.0520. The largest absolute Gasteiger partial charge is 0.493 e. The van der Waals surface area contributed by atoms with Crippen molar-refractivity contribution in [3.8, 4) is 17.2 Å². The molecule has 1 unspecified atom stereocenters. The first-order valence-electron chi connectivity index (χ1n) is 12.4. The van der Waals surface area contributed by atoms with E-state index in [1.807, 2.05) is 32.0 Å². The lowest BCUT2D eigenvalue weighted by Crippen LogP contribution is -2.46. The van der Waals surface area contributed by atoms with Gasteiger partial charge in [0.15, 0.2) is 17.3 Å². The molecule has 0 bridgehead atoms. The Balaban J connectivity index is 1.94. The quantitative estimate of drug-likeness (QED) is 0.420. The van der Waals surface area contributed by atoms with E-state index in [4.69, 9.17) is 18.6 Å². The molecule has 37 heavy (non-hydrogen) atoms. The van der Waals surface area contributed by atoms with E-state index in [9.17, 15) is 9.59 Å². The monoisotopic (exact) mass is 506 g/mol. The standard InChI is InChI=1S/C29H34N2O6/c1-18-10-8-13-22(19(18)2)31(29(33)23-14-9-15-37-23)26(28(32)30-21-11-6-7-12-21)20-16-24(34-3)27(36-5)25(17-20)35-4/h8-10,13-17,21,26H,6-7,11-12H2,1-5H3,(H,30,32). The minimum Gasteiger partial charge on any atom is -0.493 e. The third kappa shape index (κ3) is 5.28. The lowest BCUT2D eigenvalue weighted by Gasteiger charge is -2.33. The van der Waals surface area contributed by atoms with E-state index in [1.54, 1.807) is 24.3 Å². The highest BCUT2D eigenvalue weighted by Gasteiger charge is 2.37. The number of rotatable bonds is 9. The van der Waals surface area contributed by atoms with Crippen LogP contribution in [0, 0.1) is 13.8 Å². The van der Waals surface area contributed by atoms with Gasteiger partial charge in [0, 0.05) is 11.7 Å². The van der Waals surface area contributed by atoms with Gasteiger partial charge in [-0.05, 0) is 73.7 Å². The van der Waals surface area contributed by atoms with Gasteiger partial charge in [-0.15, -0.1) is 0 Å². The van der Waals surface area contributed by atoms with Crippen LogP contribution < -0.4 is 24.4 Å². The molecule has 4 rings (SSSR count). The first-order chi connectivity index (χ1) is 17.9. The van der Waals surface area contributed by atoms with Crippen molar-refractivity contribution in [3.05, 3.63) is 71.2 Å². The number of hydrogen-bond donors (Lipinski definition) is 1. The van der Waals surface area contributed by atoms with E-state index in [2.05, 4.69) is 5.32 Å². The van der Waals surface area contributed by atoms with Crippen molar-refractivity contribution >= 4 is 17.5 Å². The number of nitrogens with zero attached hydrogens (tertiary/aromatic N) is 1. The fourth-order valence-corrected chi connectivity index (χ4v) is 4.91. The topological polar surface area (TPSA) is 90.2 Å². The van der Waals surface area contributed by atoms with Crippen molar-refractivity contribution in [1.82, 2.24) is 5.32 Å². The summed E-state index contributed by atoms with van der Waals surface area (Å²) in [5.41, 5.74) is 3.01. The smallest absolute Gasteiger partial charge is 0.294 e. The summed E-state index contributed by atoms with van der Waals surface area (Å²) in [6, 6.07) is 11.4. The maximum Gasteiger partial charge on any atom is 0.294 e. The Morgan fingerprint density at radius 2 is 1.65 bits per heavy atom. The van der Waals surface area contributed by atoms with Gasteiger partial charge in [0.2, 0.25) is 11.7 Å². The van der Waals surface area contributed by atoms with Crippen LogP contribution in [0.15, 0.2) is 53.1 Å². The predicted molar refractivity (Wildman–Crippen MR) is 141 cm³/mol. The molecule has 1 aromatic heterocycles. The minimum atomic E-state index is -1.03. The van der Waals surface area contributed by atoms with Crippen LogP contribution >= 0.6 is 0 Å². The number of anilines is 1. The molecule has 2 amide bonds. The van der Waals surface area contributed by atoms with Crippen molar-refractivity contribution in [2.24, 2.45) is 0 Å². The number of carbonyl (C=O) groups excluding carboxylic acids is 2. The van der Waals surface area contributed by atoms with E-state index in [-0.39, 0.29) is 17.7 Å². The van der Waals surface area contributed by atoms with E-state index >= 15 is 0 Å². The molecule has 1 saturated carbocycles. The van der Waals surface area contributed by atoms with Crippen LogP contribution in [0.3, 0.4) is 0 Å². The second-order valence-corrected chi connectivity index (χ2v) is 9.22. The second kappa shape index (κ2) is 11.4. The Morgan fingerprint density at radius 3 is 2.22 bits per heavy atom. The summed E-state index contributed by atoms with van der Waals surface area (Å²) >= 11 is 0. The number of nitrogens with one attached hydrogen (secondary N) is 1. The molecule has 1 aliphatic rings. The van der Waals surface area contributed by atoms with Gasteiger partial charge in [-0.2, -0.15) is 0 Å². The van der Waals surface area contributed by atoms with E-state index in [0.717, 1.165) is 36.8 Å². The van der Waals surface area contributed by atoms with Crippen molar-refractivity contribution in [1.29, 1.82) is 0 Å². The highest BCUT2D eigenvalue weighted by atomic mass is 16.5. The Bertz CT molecular complexity index is 1220. The summed E-state index contributed by atoms with van der Waals surface area (Å²) in [4.78, 5) is 29.6. The average molecular weight is 507 g/mol. The molecule has 0 radical (unpaired) electrons. The zero-order valence-electron chi connectivity index (χ0n) is 22.0. The van der Waals surface area contributed by atoms with Crippen LogP contribution in [0.25, 0.3) is 0 Å². The summed E-state index contributed by atoms with van der Waals surface area (Å²) in [6.45, 7) is 3.91. The number of ether oxygens (including phenoxy) is 3. The molecular formula is C29H34N2O6. The highest BCUT2D eigenvalue weighted by molar-refractivity contribution is 6.09. The van der Waals surface area contributed by atoms with E-state index < -0.39 is 11.9 Å². The fraction of sp³-hybridized carbons (Fsp3) is 0.379. The first kappa shape index (κ1) is 26.1. The zero-order valence-corrected chi connectivity index (χ0v) is 22.0. The molecule has 1 N–H and O–H groups in total. The molecule has 1 fully saturated rings. The number of amides is 2. The van der Waals surface area contributed by atoms with Crippen LogP contribution in [-0.2, 0) is 4.79 Å². The number of benzene rings is 2. The first-order valence-corrected chi connectivity index (χ1v) is 12.4. The molecule has 8 heteroatoms. The molecule has 1 aliphatic carbocycles. The number of furan rings is 1. The van der Waals surface area contributed by atoms with Gasteiger partial charge in [-0.3, -0.25) is 14.5 Å². The summed E-state index contributed by atoms with van der Waals surface area (Å²) < 4.78 is 22.2. The van der Waals surface area contributed by atoms with Crippen LogP contribution in [0.2, 0.25) is 0 Å². The van der Waals surface area contributed by atoms with Crippen molar-refractivity contribution in [2.75, 3.05) is 26.2 Å². The zero-order chi connectivity index (χ0) is 26.5. The normalized spacial score (nSPS) is 14.2.